The molecule has 0 N–H and O–H groups in total. The number of esters is 1. The van der Waals surface area contributed by atoms with Crippen LogP contribution >= 0.6 is 35.6 Å². The third-order valence-corrected chi connectivity index (χ3v) is 5.67. The molecular formula is C21H16ClNO4S2. The highest BCUT2D eigenvalue weighted by Crippen LogP contribution is 2.35. The van der Waals surface area contributed by atoms with Crippen LogP contribution in [0.1, 0.15) is 15.9 Å². The van der Waals surface area contributed by atoms with Crippen LogP contribution in [0.2, 0.25) is 5.02 Å². The van der Waals surface area contributed by atoms with E-state index >= 15 is 0 Å². The molecule has 0 unspecified atom stereocenters. The highest BCUT2D eigenvalue weighted by molar-refractivity contribution is 8.26. The first-order valence-corrected chi connectivity index (χ1v) is 10.1. The molecule has 0 aromatic heterocycles. The molecule has 1 aliphatic rings. The van der Waals surface area contributed by atoms with Gasteiger partial charge in [-0.15, -0.1) is 6.58 Å². The van der Waals surface area contributed by atoms with Gasteiger partial charge in [-0.3, -0.25) is 9.69 Å². The van der Waals surface area contributed by atoms with Crippen LogP contribution in [0.4, 0.5) is 0 Å². The van der Waals surface area contributed by atoms with E-state index in [-0.39, 0.29) is 17.2 Å². The normalized spacial score (nSPS) is 15.0. The topological polar surface area (TPSA) is 55.8 Å². The Bertz CT molecular complexity index is 1040. The Morgan fingerprint density at radius 3 is 2.72 bits per heavy atom. The Kier molecular flexibility index (Phi) is 6.74. The smallest absolute Gasteiger partial charge is 0.345 e. The second-order valence-corrected chi connectivity index (χ2v) is 7.94. The largest absolute Gasteiger partial charge is 0.493 e. The van der Waals surface area contributed by atoms with Gasteiger partial charge in [-0.2, -0.15) is 0 Å². The van der Waals surface area contributed by atoms with Gasteiger partial charge in [0.15, 0.2) is 11.5 Å². The molecule has 1 heterocycles. The number of amides is 1. The van der Waals surface area contributed by atoms with Crippen molar-refractivity contribution in [2.45, 2.75) is 0 Å². The van der Waals surface area contributed by atoms with Crippen molar-refractivity contribution >= 4 is 57.9 Å². The summed E-state index contributed by atoms with van der Waals surface area (Å²) in [6.45, 7) is 4.00. The van der Waals surface area contributed by atoms with Crippen molar-refractivity contribution in [2.75, 3.05) is 13.7 Å². The summed E-state index contributed by atoms with van der Waals surface area (Å²) in [5.74, 6) is -0.172. The van der Waals surface area contributed by atoms with E-state index in [1.165, 1.54) is 23.8 Å². The van der Waals surface area contributed by atoms with E-state index in [0.717, 1.165) is 0 Å². The maximum atomic E-state index is 12.5. The Morgan fingerprint density at radius 1 is 1.28 bits per heavy atom. The second kappa shape index (κ2) is 9.26. The Hall–Kier alpha value is -2.61. The van der Waals surface area contributed by atoms with Gasteiger partial charge in [0, 0.05) is 6.54 Å². The number of benzene rings is 2. The lowest BCUT2D eigenvalue weighted by atomic mass is 10.1. The molecule has 2 aromatic rings. The number of hydrogen-bond donors (Lipinski definition) is 0. The van der Waals surface area contributed by atoms with Crippen molar-refractivity contribution < 1.29 is 19.1 Å². The first-order valence-electron chi connectivity index (χ1n) is 8.45. The maximum absolute atomic E-state index is 12.5. The van der Waals surface area contributed by atoms with Gasteiger partial charge >= 0.3 is 5.97 Å². The Balaban J connectivity index is 1.83. The molecular weight excluding hydrogens is 430 g/mol. The molecule has 0 aliphatic carbocycles. The number of nitrogens with zero attached hydrogens (tertiary/aromatic N) is 1. The van der Waals surface area contributed by atoms with Crippen LogP contribution in [0, 0.1) is 0 Å². The number of carbonyl (C=O) groups is 2. The summed E-state index contributed by atoms with van der Waals surface area (Å²) in [7, 11) is 1.47. The molecule has 0 radical (unpaired) electrons. The van der Waals surface area contributed by atoms with Crippen LogP contribution < -0.4 is 9.47 Å². The minimum atomic E-state index is -0.591. The van der Waals surface area contributed by atoms with Gasteiger partial charge in [-0.1, -0.05) is 59.9 Å². The molecule has 0 atom stereocenters. The number of methoxy groups -OCH3 is 1. The molecule has 0 spiro atoms. The van der Waals surface area contributed by atoms with E-state index in [9.17, 15) is 9.59 Å². The summed E-state index contributed by atoms with van der Waals surface area (Å²) in [5, 5.41) is 0.301. The van der Waals surface area contributed by atoms with Crippen molar-refractivity contribution in [3.05, 3.63) is 76.2 Å². The average molecular weight is 446 g/mol. The number of rotatable bonds is 6. The van der Waals surface area contributed by atoms with Crippen molar-refractivity contribution in [2.24, 2.45) is 0 Å². The predicted octanol–water partition coefficient (Wildman–Crippen LogP) is 4.96. The quantitative estimate of drug-likeness (QED) is 0.206. The summed E-state index contributed by atoms with van der Waals surface area (Å²) in [4.78, 5) is 26.8. The Labute approximate surface area is 182 Å². The van der Waals surface area contributed by atoms with E-state index in [1.807, 2.05) is 0 Å². The van der Waals surface area contributed by atoms with Crippen molar-refractivity contribution in [3.63, 3.8) is 0 Å². The van der Waals surface area contributed by atoms with Gasteiger partial charge in [0.2, 0.25) is 0 Å². The Morgan fingerprint density at radius 2 is 2.03 bits per heavy atom. The predicted molar refractivity (Wildman–Crippen MR) is 119 cm³/mol. The summed E-state index contributed by atoms with van der Waals surface area (Å²) in [5.41, 5.74) is 0.963. The van der Waals surface area contributed by atoms with E-state index in [1.54, 1.807) is 54.6 Å². The standard InChI is InChI=1S/C21H16ClNO4S2/c1-3-10-23-19(24)18(29-21(23)28)12-13-8-9-16(17(11-13)26-2)27-20(25)14-6-4-5-7-15(14)22/h3-9,11-12H,1,10H2,2H3/b18-12+. The first kappa shape index (κ1) is 21.1. The van der Waals surface area contributed by atoms with E-state index in [0.29, 0.717) is 32.1 Å². The highest BCUT2D eigenvalue weighted by atomic mass is 35.5. The lowest BCUT2D eigenvalue weighted by molar-refractivity contribution is -0.121. The minimum Gasteiger partial charge on any atom is -0.493 e. The molecule has 0 bridgehead atoms. The number of halogens is 1. The summed E-state index contributed by atoms with van der Waals surface area (Å²) in [6.07, 6.45) is 3.34. The first-order chi connectivity index (χ1) is 13.9. The summed E-state index contributed by atoms with van der Waals surface area (Å²) >= 11 is 12.5. The van der Waals surface area contributed by atoms with Crippen LogP contribution in [0.25, 0.3) is 6.08 Å². The molecule has 1 amide bonds. The monoisotopic (exact) mass is 445 g/mol. The second-order valence-electron chi connectivity index (χ2n) is 5.86. The molecule has 1 fully saturated rings. The van der Waals surface area contributed by atoms with Gasteiger partial charge in [0.1, 0.15) is 4.32 Å². The van der Waals surface area contributed by atoms with Gasteiger partial charge in [0.25, 0.3) is 5.91 Å². The van der Waals surface area contributed by atoms with Gasteiger partial charge in [-0.25, -0.2) is 4.79 Å². The van der Waals surface area contributed by atoms with E-state index in [4.69, 9.17) is 33.3 Å². The van der Waals surface area contributed by atoms with Crippen molar-refractivity contribution in [1.82, 2.24) is 4.90 Å². The van der Waals surface area contributed by atoms with Gasteiger partial charge < -0.3 is 9.47 Å². The average Bonchev–Trinajstić information content (AvgIpc) is 2.97. The lowest BCUT2D eigenvalue weighted by Crippen LogP contribution is -2.27. The van der Waals surface area contributed by atoms with Gasteiger partial charge in [-0.05, 0) is 35.9 Å². The molecule has 2 aromatic carbocycles. The third-order valence-electron chi connectivity index (χ3n) is 3.97. The number of hydrogen-bond acceptors (Lipinski definition) is 6. The number of carbonyl (C=O) groups excluding carboxylic acids is 2. The summed E-state index contributed by atoms with van der Waals surface area (Å²) in [6, 6.07) is 11.6. The lowest BCUT2D eigenvalue weighted by Gasteiger charge is -2.11. The molecule has 29 heavy (non-hydrogen) atoms. The molecule has 0 saturated carbocycles. The highest BCUT2D eigenvalue weighted by Gasteiger charge is 2.31. The van der Waals surface area contributed by atoms with Crippen LogP contribution in [0.3, 0.4) is 0 Å². The molecule has 5 nitrogen and oxygen atoms in total. The zero-order chi connectivity index (χ0) is 21.0. The number of thioether (sulfide) groups is 1. The molecule has 8 heteroatoms. The molecule has 1 saturated heterocycles. The van der Waals surface area contributed by atoms with Crippen LogP contribution in [0.15, 0.2) is 60.0 Å². The molecule has 148 valence electrons. The fourth-order valence-electron chi connectivity index (χ4n) is 2.58. The zero-order valence-corrected chi connectivity index (χ0v) is 17.8. The maximum Gasteiger partial charge on any atom is 0.345 e. The minimum absolute atomic E-state index is 0.173. The van der Waals surface area contributed by atoms with Crippen LogP contribution in [0.5, 0.6) is 11.5 Å². The van der Waals surface area contributed by atoms with Crippen LogP contribution in [-0.2, 0) is 4.79 Å². The third kappa shape index (κ3) is 4.70. The van der Waals surface area contributed by atoms with E-state index < -0.39 is 5.97 Å². The number of thiocarbonyl (C=S) groups is 1. The fraction of sp³-hybridized carbons (Fsp3) is 0.0952. The van der Waals surface area contributed by atoms with Crippen molar-refractivity contribution in [1.29, 1.82) is 0 Å². The van der Waals surface area contributed by atoms with Crippen molar-refractivity contribution in [3.8, 4) is 11.5 Å². The SMILES string of the molecule is C=CCN1C(=O)/C(=C\c2ccc(OC(=O)c3ccccc3Cl)c(OC)c2)SC1=S. The summed E-state index contributed by atoms with van der Waals surface area (Å²) < 4.78 is 11.3. The van der Waals surface area contributed by atoms with E-state index in [2.05, 4.69) is 6.58 Å². The zero-order valence-electron chi connectivity index (χ0n) is 15.4. The fourth-order valence-corrected chi connectivity index (χ4v) is 4.07. The van der Waals surface area contributed by atoms with Crippen LogP contribution in [-0.4, -0.2) is 34.8 Å². The molecule has 1 aliphatic heterocycles. The molecule has 3 rings (SSSR count). The number of ether oxygens (including phenoxy) is 2. The van der Waals surface area contributed by atoms with Gasteiger partial charge in [0.05, 0.1) is 22.6 Å².